The van der Waals surface area contributed by atoms with Crippen molar-refractivity contribution in [1.82, 2.24) is 4.90 Å². The van der Waals surface area contributed by atoms with E-state index in [2.05, 4.69) is 21.2 Å². The average molecular weight is 359 g/mol. The number of aromatic carboxylic acids is 1. The van der Waals surface area contributed by atoms with E-state index in [0.29, 0.717) is 16.7 Å². The Morgan fingerprint density at radius 1 is 1.50 bits per heavy atom. The van der Waals surface area contributed by atoms with Crippen LogP contribution in [0.25, 0.3) is 0 Å². The first-order chi connectivity index (χ1) is 9.50. The zero-order valence-corrected chi connectivity index (χ0v) is 13.3. The molecule has 0 bridgehead atoms. The quantitative estimate of drug-likeness (QED) is 0.851. The number of amides is 2. The van der Waals surface area contributed by atoms with Gasteiger partial charge in [-0.25, -0.2) is 9.59 Å². The van der Waals surface area contributed by atoms with E-state index in [-0.39, 0.29) is 17.6 Å². The minimum absolute atomic E-state index is 0.0757. The molecule has 1 aromatic carbocycles. The SMILES string of the molecule is CC1CSCCN1C(=O)Nc1c(Br)cccc1C(=O)O. The fraction of sp³-hybridized carbons (Fsp3) is 0.385. The van der Waals surface area contributed by atoms with Gasteiger partial charge in [-0.15, -0.1) is 0 Å². The number of para-hydroxylation sites is 1. The highest BCUT2D eigenvalue weighted by Gasteiger charge is 2.25. The van der Waals surface area contributed by atoms with Gasteiger partial charge in [0.15, 0.2) is 0 Å². The third kappa shape index (κ3) is 3.27. The van der Waals surface area contributed by atoms with Gasteiger partial charge in [-0.1, -0.05) is 6.07 Å². The Balaban J connectivity index is 2.21. The van der Waals surface area contributed by atoms with Crippen molar-refractivity contribution < 1.29 is 14.7 Å². The van der Waals surface area contributed by atoms with Crippen molar-refractivity contribution in [2.24, 2.45) is 0 Å². The number of halogens is 1. The molecular formula is C13H15BrN2O3S. The lowest BCUT2D eigenvalue weighted by molar-refractivity contribution is 0.0698. The molecule has 0 spiro atoms. The monoisotopic (exact) mass is 358 g/mol. The average Bonchev–Trinajstić information content (AvgIpc) is 2.41. The van der Waals surface area contributed by atoms with Crippen LogP contribution in [0.5, 0.6) is 0 Å². The number of anilines is 1. The number of hydrogen-bond donors (Lipinski definition) is 2. The molecule has 2 N–H and O–H groups in total. The highest BCUT2D eigenvalue weighted by molar-refractivity contribution is 9.10. The molecule has 0 aliphatic carbocycles. The van der Waals surface area contributed by atoms with Crippen LogP contribution >= 0.6 is 27.7 Å². The number of nitrogens with zero attached hydrogens (tertiary/aromatic N) is 1. The molecule has 108 valence electrons. The zero-order valence-electron chi connectivity index (χ0n) is 10.9. The van der Waals surface area contributed by atoms with Crippen molar-refractivity contribution in [1.29, 1.82) is 0 Å². The lowest BCUT2D eigenvalue weighted by atomic mass is 10.2. The summed E-state index contributed by atoms with van der Waals surface area (Å²) in [5, 5.41) is 11.9. The van der Waals surface area contributed by atoms with Crippen LogP contribution in [0.4, 0.5) is 10.5 Å². The summed E-state index contributed by atoms with van der Waals surface area (Å²) >= 11 is 5.10. The molecule has 0 radical (unpaired) electrons. The van der Waals surface area contributed by atoms with Gasteiger partial charge in [-0.2, -0.15) is 11.8 Å². The number of carbonyl (C=O) groups is 2. The van der Waals surface area contributed by atoms with Gasteiger partial charge in [0.05, 0.1) is 11.3 Å². The summed E-state index contributed by atoms with van der Waals surface area (Å²) in [4.78, 5) is 25.2. The van der Waals surface area contributed by atoms with Crippen LogP contribution in [0.2, 0.25) is 0 Å². The standard InChI is InChI=1S/C13H15BrN2O3S/c1-8-7-20-6-5-16(8)13(19)15-11-9(12(17)18)3-2-4-10(11)14/h2-4,8H,5-7H2,1H3,(H,15,19)(H,17,18). The second-order valence-corrected chi connectivity index (χ2v) is 6.52. The third-order valence-corrected chi connectivity index (χ3v) is 4.95. The number of carboxylic acids is 1. The normalized spacial score (nSPS) is 18.7. The van der Waals surface area contributed by atoms with Gasteiger partial charge in [0, 0.05) is 28.6 Å². The molecule has 7 heteroatoms. The summed E-state index contributed by atoms with van der Waals surface area (Å²) in [6, 6.07) is 4.69. The molecule has 1 atom stereocenters. The maximum absolute atomic E-state index is 12.3. The van der Waals surface area contributed by atoms with E-state index in [4.69, 9.17) is 0 Å². The number of benzene rings is 1. The summed E-state index contributed by atoms with van der Waals surface area (Å²) in [7, 11) is 0. The van der Waals surface area contributed by atoms with Crippen LogP contribution in [0.15, 0.2) is 22.7 Å². The highest BCUT2D eigenvalue weighted by atomic mass is 79.9. The van der Waals surface area contributed by atoms with Crippen molar-refractivity contribution in [3.05, 3.63) is 28.2 Å². The predicted octanol–water partition coefficient (Wildman–Crippen LogP) is 3.12. The zero-order chi connectivity index (χ0) is 14.7. The van der Waals surface area contributed by atoms with Gasteiger partial charge in [0.1, 0.15) is 0 Å². The first-order valence-electron chi connectivity index (χ1n) is 6.18. The van der Waals surface area contributed by atoms with Gasteiger partial charge in [-0.3, -0.25) is 0 Å². The number of carbonyl (C=O) groups excluding carboxylic acids is 1. The number of nitrogens with one attached hydrogen (secondary N) is 1. The molecule has 1 unspecified atom stereocenters. The molecule has 20 heavy (non-hydrogen) atoms. The van der Waals surface area contributed by atoms with E-state index in [1.54, 1.807) is 17.0 Å². The Morgan fingerprint density at radius 3 is 2.90 bits per heavy atom. The van der Waals surface area contributed by atoms with Gasteiger partial charge >= 0.3 is 12.0 Å². The molecule has 1 aliphatic rings. The topological polar surface area (TPSA) is 69.6 Å². The Hall–Kier alpha value is -1.21. The van der Waals surface area contributed by atoms with Gasteiger partial charge in [0.2, 0.25) is 0 Å². The molecule has 2 amide bonds. The molecule has 1 saturated heterocycles. The Bertz CT molecular complexity index is 538. The second-order valence-electron chi connectivity index (χ2n) is 4.52. The van der Waals surface area contributed by atoms with Gasteiger partial charge < -0.3 is 15.3 Å². The van der Waals surface area contributed by atoms with Crippen molar-refractivity contribution in [3.8, 4) is 0 Å². The third-order valence-electron chi connectivity index (χ3n) is 3.10. The number of carboxylic acid groups (broad SMARTS) is 1. The lowest BCUT2D eigenvalue weighted by Crippen LogP contribution is -2.46. The van der Waals surface area contributed by atoms with Gasteiger partial charge in [-0.05, 0) is 35.0 Å². The van der Waals surface area contributed by atoms with Gasteiger partial charge in [0.25, 0.3) is 0 Å². The van der Waals surface area contributed by atoms with Crippen LogP contribution < -0.4 is 5.32 Å². The van der Waals surface area contributed by atoms with E-state index in [1.807, 2.05) is 18.7 Å². The van der Waals surface area contributed by atoms with Crippen LogP contribution in [0.3, 0.4) is 0 Å². The Kier molecular flexibility index (Phi) is 4.93. The summed E-state index contributed by atoms with van der Waals surface area (Å²) < 4.78 is 0.560. The number of hydrogen-bond acceptors (Lipinski definition) is 3. The summed E-state index contributed by atoms with van der Waals surface area (Å²) in [5.41, 5.74) is 0.377. The maximum atomic E-state index is 12.3. The predicted molar refractivity (Wildman–Crippen MR) is 83.6 cm³/mol. The first-order valence-corrected chi connectivity index (χ1v) is 8.12. The first kappa shape index (κ1) is 15.2. The minimum Gasteiger partial charge on any atom is -0.478 e. The van der Waals surface area contributed by atoms with Crippen molar-refractivity contribution in [2.45, 2.75) is 13.0 Å². The highest BCUT2D eigenvalue weighted by Crippen LogP contribution is 2.27. The summed E-state index contributed by atoms with van der Waals surface area (Å²) in [6.07, 6.45) is 0. The molecule has 0 saturated carbocycles. The number of rotatable bonds is 2. The van der Waals surface area contributed by atoms with Crippen LogP contribution in [-0.2, 0) is 0 Å². The second kappa shape index (κ2) is 6.49. The lowest BCUT2D eigenvalue weighted by Gasteiger charge is -2.33. The number of thioether (sulfide) groups is 1. The minimum atomic E-state index is -1.07. The maximum Gasteiger partial charge on any atom is 0.337 e. The molecule has 1 fully saturated rings. The van der Waals surface area contributed by atoms with E-state index < -0.39 is 5.97 Å². The summed E-state index contributed by atoms with van der Waals surface area (Å²) in [5.74, 6) is 0.734. The fourth-order valence-electron chi connectivity index (χ4n) is 2.04. The van der Waals surface area contributed by atoms with Crippen molar-refractivity contribution in [2.75, 3.05) is 23.4 Å². The Labute approximate surface area is 129 Å². The molecule has 0 aromatic heterocycles. The van der Waals surface area contributed by atoms with E-state index in [1.165, 1.54) is 6.07 Å². The van der Waals surface area contributed by atoms with Crippen LogP contribution in [-0.4, -0.2) is 46.1 Å². The Morgan fingerprint density at radius 2 is 2.25 bits per heavy atom. The molecule has 5 nitrogen and oxygen atoms in total. The smallest absolute Gasteiger partial charge is 0.337 e. The van der Waals surface area contributed by atoms with E-state index in [0.717, 1.165) is 11.5 Å². The largest absolute Gasteiger partial charge is 0.478 e. The van der Waals surface area contributed by atoms with Crippen molar-refractivity contribution >= 4 is 45.4 Å². The number of urea groups is 1. The van der Waals surface area contributed by atoms with Crippen molar-refractivity contribution in [3.63, 3.8) is 0 Å². The molecule has 1 aromatic rings. The molecule has 1 heterocycles. The summed E-state index contributed by atoms with van der Waals surface area (Å²) in [6.45, 7) is 2.66. The molecule has 1 aliphatic heterocycles. The van der Waals surface area contributed by atoms with Crippen LogP contribution in [0, 0.1) is 0 Å². The molecular weight excluding hydrogens is 344 g/mol. The van der Waals surface area contributed by atoms with Crippen LogP contribution in [0.1, 0.15) is 17.3 Å². The van der Waals surface area contributed by atoms with E-state index >= 15 is 0 Å². The fourth-order valence-corrected chi connectivity index (χ4v) is 3.52. The van der Waals surface area contributed by atoms with E-state index in [9.17, 15) is 14.7 Å². The molecule has 2 rings (SSSR count).